The topological polar surface area (TPSA) is 13.0 Å². The molecule has 72 heavy (non-hydrogen) atoms. The Balaban J connectivity index is 0.967. The second kappa shape index (κ2) is 21.3. The first kappa shape index (κ1) is 44.8. The minimum Gasteiger partial charge on any atom is -0.311 e. The molecule has 0 heterocycles. The van der Waals surface area contributed by atoms with Crippen molar-refractivity contribution in [3.63, 3.8) is 0 Å². The number of anilines is 12. The summed E-state index contributed by atoms with van der Waals surface area (Å²) in [6.07, 6.45) is 2.30. The lowest BCUT2D eigenvalue weighted by molar-refractivity contribution is 1.24. The van der Waals surface area contributed by atoms with Gasteiger partial charge in [-0.15, -0.1) is 0 Å². The molecule has 0 aliphatic heterocycles. The molecule has 0 unspecified atom stereocenters. The van der Waals surface area contributed by atoms with Crippen LogP contribution in [0.1, 0.15) is 16.7 Å². The largest absolute Gasteiger partial charge is 0.311 e. The van der Waals surface area contributed by atoms with E-state index >= 15 is 0 Å². The van der Waals surface area contributed by atoms with Gasteiger partial charge in [-0.2, -0.15) is 0 Å². The SMILES string of the molecule is C(=C(c1ccccc1)c1ccc(N(c2ccccc2)c2ccccc2)cc1)c1ccc(N(c2ccc(N(c3ccccc3)c3ccccc3)cc2)c2ccc(N(c3ccccc3)c3ccccc3)cc2)cc1. The van der Waals surface area contributed by atoms with Crippen molar-refractivity contribution >= 4 is 79.9 Å². The Morgan fingerprint density at radius 1 is 0.181 bits per heavy atom. The first-order valence-electron chi connectivity index (χ1n) is 24.4. The van der Waals surface area contributed by atoms with Crippen LogP contribution in [0.4, 0.5) is 68.2 Å². The van der Waals surface area contributed by atoms with Crippen LogP contribution in [0.15, 0.2) is 309 Å². The summed E-state index contributed by atoms with van der Waals surface area (Å²) in [5.74, 6) is 0. The summed E-state index contributed by atoms with van der Waals surface area (Å²) in [6.45, 7) is 0. The van der Waals surface area contributed by atoms with E-state index in [4.69, 9.17) is 0 Å². The molecule has 0 saturated heterocycles. The average Bonchev–Trinajstić information content (AvgIpc) is 3.46. The fourth-order valence-electron chi connectivity index (χ4n) is 9.38. The summed E-state index contributed by atoms with van der Waals surface area (Å²) in [6, 6.07) is 110. The molecular formula is C68H52N4. The Kier molecular flexibility index (Phi) is 13.3. The van der Waals surface area contributed by atoms with Gasteiger partial charge in [-0.3, -0.25) is 0 Å². The molecule has 0 radical (unpaired) electrons. The van der Waals surface area contributed by atoms with Gasteiger partial charge in [0.05, 0.1) is 0 Å². The summed E-state index contributed by atoms with van der Waals surface area (Å²) < 4.78 is 0. The molecule has 0 aliphatic rings. The minimum absolute atomic E-state index is 1.05. The number of para-hydroxylation sites is 6. The molecular weight excluding hydrogens is 873 g/mol. The van der Waals surface area contributed by atoms with Gasteiger partial charge in [0, 0.05) is 68.2 Å². The van der Waals surface area contributed by atoms with Crippen LogP contribution >= 0.6 is 0 Å². The van der Waals surface area contributed by atoms with E-state index < -0.39 is 0 Å². The van der Waals surface area contributed by atoms with Crippen molar-refractivity contribution < 1.29 is 0 Å². The third-order valence-electron chi connectivity index (χ3n) is 12.8. The molecule has 0 fully saturated rings. The Labute approximate surface area is 423 Å². The van der Waals surface area contributed by atoms with Crippen LogP contribution in [0, 0.1) is 0 Å². The quantitative estimate of drug-likeness (QED) is 0.0950. The normalized spacial score (nSPS) is 11.1. The molecule has 0 spiro atoms. The smallest absolute Gasteiger partial charge is 0.0463 e. The molecule has 4 heteroatoms. The molecule has 11 aromatic rings. The predicted molar refractivity (Wildman–Crippen MR) is 305 cm³/mol. The monoisotopic (exact) mass is 924 g/mol. The zero-order valence-corrected chi connectivity index (χ0v) is 39.8. The van der Waals surface area contributed by atoms with Gasteiger partial charge < -0.3 is 19.6 Å². The van der Waals surface area contributed by atoms with Gasteiger partial charge in [0.25, 0.3) is 0 Å². The van der Waals surface area contributed by atoms with Crippen LogP contribution in [0.5, 0.6) is 0 Å². The lowest BCUT2D eigenvalue weighted by Gasteiger charge is -2.29. The van der Waals surface area contributed by atoms with Crippen molar-refractivity contribution in [2.24, 2.45) is 0 Å². The van der Waals surface area contributed by atoms with Gasteiger partial charge >= 0.3 is 0 Å². The van der Waals surface area contributed by atoms with Crippen LogP contribution in [0.3, 0.4) is 0 Å². The highest BCUT2D eigenvalue weighted by atomic mass is 15.2. The second-order valence-electron chi connectivity index (χ2n) is 17.5. The maximum Gasteiger partial charge on any atom is 0.0463 e. The predicted octanol–water partition coefficient (Wildman–Crippen LogP) is 19.2. The molecule has 0 N–H and O–H groups in total. The second-order valence-corrected chi connectivity index (χ2v) is 17.5. The van der Waals surface area contributed by atoms with Crippen molar-refractivity contribution in [3.05, 3.63) is 326 Å². The first-order valence-corrected chi connectivity index (χ1v) is 24.4. The van der Waals surface area contributed by atoms with Crippen LogP contribution < -0.4 is 19.6 Å². The van der Waals surface area contributed by atoms with Crippen molar-refractivity contribution in [1.82, 2.24) is 0 Å². The molecule has 4 nitrogen and oxygen atoms in total. The molecule has 0 aliphatic carbocycles. The van der Waals surface area contributed by atoms with Crippen molar-refractivity contribution in [1.29, 1.82) is 0 Å². The van der Waals surface area contributed by atoms with Gasteiger partial charge in [-0.1, -0.05) is 164 Å². The molecule has 0 amide bonds. The molecule has 11 rings (SSSR count). The Hall–Kier alpha value is -9.64. The number of rotatable bonds is 15. The van der Waals surface area contributed by atoms with E-state index in [1.165, 1.54) is 0 Å². The zero-order chi connectivity index (χ0) is 48.3. The highest BCUT2D eigenvalue weighted by molar-refractivity contribution is 5.93. The van der Waals surface area contributed by atoms with E-state index in [-0.39, 0.29) is 0 Å². The van der Waals surface area contributed by atoms with Gasteiger partial charge in [0.2, 0.25) is 0 Å². The lowest BCUT2D eigenvalue weighted by atomic mass is 9.95. The number of hydrogen-bond acceptors (Lipinski definition) is 4. The van der Waals surface area contributed by atoms with Crippen LogP contribution in [-0.2, 0) is 0 Å². The minimum atomic E-state index is 1.05. The van der Waals surface area contributed by atoms with E-state index in [2.05, 4.69) is 335 Å². The van der Waals surface area contributed by atoms with Gasteiger partial charge in [0.1, 0.15) is 0 Å². The fraction of sp³-hybridized carbons (Fsp3) is 0. The highest BCUT2D eigenvalue weighted by Crippen LogP contribution is 2.42. The van der Waals surface area contributed by atoms with Crippen LogP contribution in [0.25, 0.3) is 11.6 Å². The van der Waals surface area contributed by atoms with Crippen molar-refractivity contribution in [2.45, 2.75) is 0 Å². The molecule has 0 atom stereocenters. The van der Waals surface area contributed by atoms with Crippen molar-refractivity contribution in [2.75, 3.05) is 19.6 Å². The van der Waals surface area contributed by atoms with Crippen molar-refractivity contribution in [3.8, 4) is 0 Å². The average molecular weight is 925 g/mol. The molecule has 344 valence electrons. The Morgan fingerprint density at radius 2 is 0.361 bits per heavy atom. The number of nitrogens with zero attached hydrogens (tertiary/aromatic N) is 4. The molecule has 0 bridgehead atoms. The zero-order valence-electron chi connectivity index (χ0n) is 39.8. The third-order valence-corrected chi connectivity index (χ3v) is 12.8. The van der Waals surface area contributed by atoms with E-state index in [1.54, 1.807) is 0 Å². The lowest BCUT2D eigenvalue weighted by Crippen LogP contribution is -2.13. The van der Waals surface area contributed by atoms with Gasteiger partial charge in [-0.25, -0.2) is 0 Å². The summed E-state index contributed by atoms with van der Waals surface area (Å²) in [4.78, 5) is 9.23. The summed E-state index contributed by atoms with van der Waals surface area (Å²) >= 11 is 0. The van der Waals surface area contributed by atoms with E-state index in [1.807, 2.05) is 0 Å². The molecule has 11 aromatic carbocycles. The summed E-state index contributed by atoms with van der Waals surface area (Å²) in [5.41, 5.74) is 17.5. The van der Waals surface area contributed by atoms with Gasteiger partial charge in [-0.05, 0) is 174 Å². The number of hydrogen-bond donors (Lipinski definition) is 0. The third kappa shape index (κ3) is 9.93. The van der Waals surface area contributed by atoms with E-state index in [0.717, 1.165) is 90.5 Å². The fourth-order valence-corrected chi connectivity index (χ4v) is 9.38. The van der Waals surface area contributed by atoms with E-state index in [9.17, 15) is 0 Å². The van der Waals surface area contributed by atoms with Gasteiger partial charge in [0.15, 0.2) is 0 Å². The summed E-state index contributed by atoms with van der Waals surface area (Å²) in [7, 11) is 0. The highest BCUT2D eigenvalue weighted by Gasteiger charge is 2.19. The Morgan fingerprint density at radius 3 is 0.611 bits per heavy atom. The van der Waals surface area contributed by atoms with Crippen LogP contribution in [0.2, 0.25) is 0 Å². The van der Waals surface area contributed by atoms with E-state index in [0.29, 0.717) is 0 Å². The maximum absolute atomic E-state index is 2.34. The maximum atomic E-state index is 2.34. The molecule has 0 aromatic heterocycles. The molecule has 0 saturated carbocycles. The summed E-state index contributed by atoms with van der Waals surface area (Å²) in [5, 5.41) is 0. The number of benzene rings is 11. The Bertz CT molecular complexity index is 3200. The standard InChI is InChI=1S/C68H52N4/c1-8-22-54(23-9-1)68(55-38-42-63(43-39-55)69(56-24-10-2-11-25-56)57-26-12-3-13-27-57)52-53-36-40-62(41-37-53)72(66-48-44-64(45-49-66)70(58-28-14-4-15-29-58)59-30-16-5-17-31-59)67-50-46-65(47-51-67)71(60-32-18-6-19-33-60)61-34-20-7-21-35-61/h1-52H. The van der Waals surface area contributed by atoms with Crippen LogP contribution in [-0.4, -0.2) is 0 Å². The first-order chi connectivity index (χ1) is 35.7.